The quantitative estimate of drug-likeness (QED) is 0.296. The van der Waals surface area contributed by atoms with Gasteiger partial charge in [-0.25, -0.2) is 9.37 Å². The summed E-state index contributed by atoms with van der Waals surface area (Å²) in [7, 11) is 3.86. The highest BCUT2D eigenvalue weighted by atomic mass is 32.1. The smallest absolute Gasteiger partial charge is 0.169 e. The Bertz CT molecular complexity index is 1780. The van der Waals surface area contributed by atoms with E-state index in [0.717, 1.165) is 21.6 Å². The summed E-state index contributed by atoms with van der Waals surface area (Å²) in [4.78, 5) is 32.1. The number of carbonyl (C=O) groups is 1. The van der Waals surface area contributed by atoms with Crippen LogP contribution in [0.2, 0.25) is 0 Å². The van der Waals surface area contributed by atoms with Gasteiger partial charge in [0, 0.05) is 37.4 Å². The van der Waals surface area contributed by atoms with Crippen LogP contribution >= 0.6 is 11.3 Å². The highest BCUT2D eigenvalue weighted by Crippen LogP contribution is 2.35. The molecule has 6 rings (SSSR count). The Labute approximate surface area is 208 Å². The lowest BCUT2D eigenvalue weighted by Gasteiger charge is -2.13. The van der Waals surface area contributed by atoms with Crippen LogP contribution in [0.1, 0.15) is 16.6 Å². The zero-order chi connectivity index (χ0) is 25.0. The molecule has 5 heterocycles. The lowest BCUT2D eigenvalue weighted by molar-refractivity contribution is 0.102. The molecule has 2 N–H and O–H groups in total. The van der Waals surface area contributed by atoms with E-state index in [2.05, 4.69) is 25.1 Å². The average Bonchev–Trinajstić information content (AvgIpc) is 3.61. The van der Waals surface area contributed by atoms with Gasteiger partial charge in [-0.15, -0.1) is 11.3 Å². The third-order valence-electron chi connectivity index (χ3n) is 6.01. The Morgan fingerprint density at radius 1 is 1.06 bits per heavy atom. The first-order valence-electron chi connectivity index (χ1n) is 11.2. The van der Waals surface area contributed by atoms with Crippen LogP contribution in [0.5, 0.6) is 0 Å². The van der Waals surface area contributed by atoms with Gasteiger partial charge >= 0.3 is 0 Å². The number of halogens is 1. The molecule has 0 aliphatic heterocycles. The van der Waals surface area contributed by atoms with Crippen LogP contribution in [0, 0.1) is 5.82 Å². The minimum atomic E-state index is -0.436. The van der Waals surface area contributed by atoms with E-state index in [1.807, 2.05) is 43.3 Å². The standard InChI is InChI=1S/C26H20FN7OS/c1-13(35)20-4-5-21(36-20)25-24-19(6-7-29-25)30-26(31-24)23-17-9-14(10-18(27)22(17)32-33-23)15-8-16(34(2)3)12-28-11-15/h4-12H,1-3H3,(H,30,31)(H,32,33). The predicted molar refractivity (Wildman–Crippen MR) is 140 cm³/mol. The Hall–Kier alpha value is -4.44. The first kappa shape index (κ1) is 22.1. The molecule has 0 radical (unpaired) electrons. The van der Waals surface area contributed by atoms with E-state index in [0.29, 0.717) is 38.6 Å². The van der Waals surface area contributed by atoms with Crippen molar-refractivity contribution in [2.75, 3.05) is 19.0 Å². The largest absolute Gasteiger partial charge is 0.376 e. The Balaban J connectivity index is 1.49. The molecule has 0 unspecified atom stereocenters. The first-order chi connectivity index (χ1) is 17.4. The maximum Gasteiger partial charge on any atom is 0.169 e. The Kier molecular flexibility index (Phi) is 5.11. The number of Topliss-reactive ketones (excluding diaryl/α,β-unsaturated/α-hetero) is 1. The molecule has 10 heteroatoms. The highest BCUT2D eigenvalue weighted by molar-refractivity contribution is 7.17. The SMILES string of the molecule is CC(=O)c1ccc(-c2nccc3[nH]c(-c4[nH]nc5c(F)cc(-c6cncc(N(C)C)c6)cc45)nc23)s1. The molecular formula is C26H20FN7OS. The summed E-state index contributed by atoms with van der Waals surface area (Å²) in [6, 6.07) is 10.8. The van der Waals surface area contributed by atoms with Crippen molar-refractivity contribution in [1.29, 1.82) is 0 Å². The van der Waals surface area contributed by atoms with E-state index >= 15 is 4.39 Å². The zero-order valence-corrected chi connectivity index (χ0v) is 20.4. The number of rotatable bonds is 5. The number of ketones is 1. The van der Waals surface area contributed by atoms with Crippen molar-refractivity contribution in [1.82, 2.24) is 30.1 Å². The second-order valence-corrected chi connectivity index (χ2v) is 9.72. The number of thiophene rings is 1. The van der Waals surface area contributed by atoms with Crippen LogP contribution in [-0.4, -0.2) is 50.0 Å². The maximum atomic E-state index is 15.1. The summed E-state index contributed by atoms with van der Waals surface area (Å²) in [5.41, 5.74) is 5.31. The van der Waals surface area contributed by atoms with E-state index in [9.17, 15) is 4.79 Å². The zero-order valence-electron chi connectivity index (χ0n) is 19.6. The maximum absolute atomic E-state index is 15.1. The molecular weight excluding hydrogens is 477 g/mol. The number of benzene rings is 1. The number of hydrogen-bond donors (Lipinski definition) is 2. The summed E-state index contributed by atoms with van der Waals surface area (Å²) < 4.78 is 15.1. The molecule has 0 saturated carbocycles. The minimum absolute atomic E-state index is 0.00854. The van der Waals surface area contributed by atoms with Crippen LogP contribution in [0.3, 0.4) is 0 Å². The molecule has 1 aromatic carbocycles. The van der Waals surface area contributed by atoms with Crippen molar-refractivity contribution in [3.63, 3.8) is 0 Å². The van der Waals surface area contributed by atoms with Gasteiger partial charge < -0.3 is 9.88 Å². The molecule has 0 spiro atoms. The van der Waals surface area contributed by atoms with Crippen LogP contribution in [0.25, 0.3) is 55.2 Å². The highest BCUT2D eigenvalue weighted by Gasteiger charge is 2.19. The lowest BCUT2D eigenvalue weighted by Crippen LogP contribution is -2.08. The van der Waals surface area contributed by atoms with Gasteiger partial charge in [-0.3, -0.25) is 19.9 Å². The molecule has 0 aliphatic rings. The van der Waals surface area contributed by atoms with Crippen molar-refractivity contribution >= 4 is 44.7 Å². The van der Waals surface area contributed by atoms with Crippen LogP contribution in [0.15, 0.2) is 55.0 Å². The number of fused-ring (bicyclic) bond motifs is 2. The summed E-state index contributed by atoms with van der Waals surface area (Å²) in [5, 5.41) is 7.76. The van der Waals surface area contributed by atoms with Gasteiger partial charge in [0.2, 0.25) is 0 Å². The van der Waals surface area contributed by atoms with Crippen LogP contribution in [-0.2, 0) is 0 Å². The number of anilines is 1. The van der Waals surface area contributed by atoms with Gasteiger partial charge in [-0.2, -0.15) is 5.10 Å². The first-order valence-corrected chi connectivity index (χ1v) is 12.0. The molecule has 0 amide bonds. The van der Waals surface area contributed by atoms with Crippen molar-refractivity contribution in [2.24, 2.45) is 0 Å². The topological polar surface area (TPSA) is 103 Å². The van der Waals surface area contributed by atoms with Crippen molar-refractivity contribution in [3.8, 4) is 33.2 Å². The summed E-state index contributed by atoms with van der Waals surface area (Å²) in [6.07, 6.45) is 5.16. The monoisotopic (exact) mass is 497 g/mol. The van der Waals surface area contributed by atoms with Crippen molar-refractivity contribution in [2.45, 2.75) is 6.92 Å². The van der Waals surface area contributed by atoms with Crippen molar-refractivity contribution in [3.05, 3.63) is 65.7 Å². The molecule has 0 aliphatic carbocycles. The summed E-state index contributed by atoms with van der Waals surface area (Å²) in [6.45, 7) is 1.54. The third-order valence-corrected chi connectivity index (χ3v) is 7.20. The van der Waals surface area contributed by atoms with Gasteiger partial charge in [0.25, 0.3) is 0 Å². The molecule has 0 fully saturated rings. The number of H-pyrrole nitrogens is 2. The fourth-order valence-electron chi connectivity index (χ4n) is 4.14. The third kappa shape index (κ3) is 3.62. The molecule has 8 nitrogen and oxygen atoms in total. The summed E-state index contributed by atoms with van der Waals surface area (Å²) >= 11 is 1.38. The molecule has 178 valence electrons. The van der Waals surface area contributed by atoms with E-state index in [1.54, 1.807) is 31.6 Å². The molecule has 0 bridgehead atoms. The number of pyridine rings is 2. The van der Waals surface area contributed by atoms with Gasteiger partial charge in [-0.1, -0.05) is 0 Å². The van der Waals surface area contributed by atoms with E-state index < -0.39 is 5.82 Å². The number of imidazole rings is 1. The second kappa shape index (κ2) is 8.35. The Morgan fingerprint density at radius 3 is 2.69 bits per heavy atom. The lowest BCUT2D eigenvalue weighted by atomic mass is 10.0. The van der Waals surface area contributed by atoms with Gasteiger partial charge in [-0.05, 0) is 48.9 Å². The fourth-order valence-corrected chi connectivity index (χ4v) is 5.04. The Morgan fingerprint density at radius 2 is 1.92 bits per heavy atom. The van der Waals surface area contributed by atoms with E-state index in [-0.39, 0.29) is 11.3 Å². The normalized spacial score (nSPS) is 11.4. The predicted octanol–water partition coefficient (Wildman–Crippen LogP) is 5.70. The minimum Gasteiger partial charge on any atom is -0.376 e. The van der Waals surface area contributed by atoms with Gasteiger partial charge in [0.15, 0.2) is 17.4 Å². The molecule has 0 atom stereocenters. The molecule has 6 aromatic rings. The van der Waals surface area contributed by atoms with E-state index in [4.69, 9.17) is 4.98 Å². The number of carbonyl (C=O) groups excluding carboxylic acids is 1. The number of aromatic nitrogens is 6. The van der Waals surface area contributed by atoms with Gasteiger partial charge in [0.1, 0.15) is 22.4 Å². The van der Waals surface area contributed by atoms with E-state index in [1.165, 1.54) is 17.4 Å². The number of nitrogens with zero attached hydrogens (tertiary/aromatic N) is 5. The van der Waals surface area contributed by atoms with Gasteiger partial charge in [0.05, 0.1) is 27.2 Å². The fraction of sp³-hybridized carbons (Fsp3) is 0.115. The second-order valence-electron chi connectivity index (χ2n) is 8.64. The van der Waals surface area contributed by atoms with Crippen LogP contribution in [0.4, 0.5) is 10.1 Å². The average molecular weight is 498 g/mol. The van der Waals surface area contributed by atoms with Crippen molar-refractivity contribution < 1.29 is 9.18 Å². The molecule has 0 saturated heterocycles. The number of hydrogen-bond acceptors (Lipinski definition) is 7. The molecule has 36 heavy (non-hydrogen) atoms. The number of aromatic amines is 2. The van der Waals surface area contributed by atoms with Crippen LogP contribution < -0.4 is 4.90 Å². The molecule has 5 aromatic heterocycles. The summed E-state index contributed by atoms with van der Waals surface area (Å²) in [5.74, 6) is 0.0881. The number of nitrogens with one attached hydrogen (secondary N) is 2.